The summed E-state index contributed by atoms with van der Waals surface area (Å²) in [6.45, 7) is 1.51. The number of hydrogen-bond donors (Lipinski definition) is 2. The van der Waals surface area contributed by atoms with Crippen molar-refractivity contribution in [3.05, 3.63) is 24.5 Å². The molecule has 2 saturated heterocycles. The molecule has 0 saturated carbocycles. The Hall–Kier alpha value is -1.66. The Bertz CT molecular complexity index is 496. The fourth-order valence-corrected chi connectivity index (χ4v) is 3.32. The van der Waals surface area contributed by atoms with E-state index < -0.39 is 6.61 Å². The molecule has 3 rings (SSSR count). The van der Waals surface area contributed by atoms with Crippen LogP contribution < -0.4 is 5.32 Å². The number of ether oxygens (including phenoxy) is 1. The van der Waals surface area contributed by atoms with Gasteiger partial charge in [-0.1, -0.05) is 0 Å². The third kappa shape index (κ3) is 3.16. The van der Waals surface area contributed by atoms with Crippen molar-refractivity contribution in [3.63, 3.8) is 0 Å². The van der Waals surface area contributed by atoms with Crippen LogP contribution in [0.2, 0.25) is 0 Å². The summed E-state index contributed by atoms with van der Waals surface area (Å²) in [4.78, 5) is 17.5. The average molecular weight is 291 g/mol. The lowest BCUT2D eigenvalue weighted by Crippen LogP contribution is -2.51. The molecule has 0 unspecified atom stereocenters. The first-order valence-corrected chi connectivity index (χ1v) is 7.40. The number of nitrogens with one attached hydrogen (secondary N) is 1. The number of piperidine rings is 1. The second kappa shape index (κ2) is 5.99. The predicted molar refractivity (Wildman–Crippen MR) is 77.8 cm³/mol. The number of likely N-dealkylation sites (tertiary alicyclic amines) is 1. The van der Waals surface area contributed by atoms with E-state index in [4.69, 9.17) is 9.84 Å². The van der Waals surface area contributed by atoms with Crippen LogP contribution in [0.1, 0.15) is 19.3 Å². The number of anilines is 1. The van der Waals surface area contributed by atoms with Gasteiger partial charge < -0.3 is 20.1 Å². The maximum Gasteiger partial charge on any atom is 0.248 e. The highest BCUT2D eigenvalue weighted by Gasteiger charge is 2.44. The molecule has 1 aromatic rings. The third-order valence-corrected chi connectivity index (χ3v) is 4.27. The van der Waals surface area contributed by atoms with Gasteiger partial charge in [-0.25, -0.2) is 0 Å². The number of hydrogen-bond acceptors (Lipinski definition) is 5. The predicted octanol–water partition coefficient (Wildman–Crippen LogP) is 0.636. The fraction of sp³-hybridized carbons (Fsp3) is 0.600. The summed E-state index contributed by atoms with van der Waals surface area (Å²) in [6, 6.07) is 4.12. The summed E-state index contributed by atoms with van der Waals surface area (Å²) in [5.41, 5.74) is 0.727. The second-order valence-electron chi connectivity index (χ2n) is 5.86. The fourth-order valence-electron chi connectivity index (χ4n) is 3.32. The molecule has 3 heterocycles. The number of carbonyl (C=O) groups is 1. The summed E-state index contributed by atoms with van der Waals surface area (Å²) in [7, 11) is 0. The molecule has 0 radical (unpaired) electrons. The van der Waals surface area contributed by atoms with E-state index in [1.54, 1.807) is 17.3 Å². The summed E-state index contributed by atoms with van der Waals surface area (Å²) < 4.78 is 6.03. The molecule has 0 bridgehead atoms. The summed E-state index contributed by atoms with van der Waals surface area (Å²) in [5, 5.41) is 12.4. The van der Waals surface area contributed by atoms with Crippen molar-refractivity contribution in [1.82, 2.24) is 9.88 Å². The van der Waals surface area contributed by atoms with Crippen LogP contribution in [-0.2, 0) is 9.53 Å². The van der Waals surface area contributed by atoms with E-state index in [0.29, 0.717) is 19.7 Å². The van der Waals surface area contributed by atoms with Gasteiger partial charge in [0.1, 0.15) is 6.61 Å². The van der Waals surface area contributed by atoms with Crippen molar-refractivity contribution in [1.29, 1.82) is 0 Å². The molecule has 2 fully saturated rings. The van der Waals surface area contributed by atoms with Gasteiger partial charge in [0.25, 0.3) is 0 Å². The normalized spacial score (nSPS) is 28.8. The molecule has 1 amide bonds. The zero-order valence-corrected chi connectivity index (χ0v) is 12.0. The molecule has 0 aliphatic carbocycles. The molecule has 2 N–H and O–H groups in total. The topological polar surface area (TPSA) is 74.7 Å². The SMILES string of the molecule is O=C(CO)N1CCC[C@@]2(C[C@@H](Nc3cccnc3)CO2)C1. The lowest BCUT2D eigenvalue weighted by atomic mass is 9.88. The molecule has 0 aromatic carbocycles. The van der Waals surface area contributed by atoms with Gasteiger partial charge in [-0.15, -0.1) is 0 Å². The zero-order chi connectivity index (χ0) is 14.7. The monoisotopic (exact) mass is 291 g/mol. The zero-order valence-electron chi connectivity index (χ0n) is 12.0. The lowest BCUT2D eigenvalue weighted by molar-refractivity contribution is -0.142. The highest BCUT2D eigenvalue weighted by atomic mass is 16.5. The summed E-state index contributed by atoms with van der Waals surface area (Å²) in [5.74, 6) is -0.207. The Balaban J connectivity index is 1.61. The van der Waals surface area contributed by atoms with Gasteiger partial charge >= 0.3 is 0 Å². The summed E-state index contributed by atoms with van der Waals surface area (Å²) >= 11 is 0. The van der Waals surface area contributed by atoms with Crippen molar-refractivity contribution >= 4 is 11.6 Å². The maximum absolute atomic E-state index is 11.7. The molecular formula is C15H21N3O3. The molecule has 114 valence electrons. The van der Waals surface area contributed by atoms with Crippen molar-refractivity contribution in [2.45, 2.75) is 30.9 Å². The van der Waals surface area contributed by atoms with Gasteiger partial charge in [0.2, 0.25) is 5.91 Å². The Labute approximate surface area is 124 Å². The Morgan fingerprint density at radius 1 is 1.62 bits per heavy atom. The second-order valence-corrected chi connectivity index (χ2v) is 5.86. The largest absolute Gasteiger partial charge is 0.387 e. The Kier molecular flexibility index (Phi) is 4.07. The van der Waals surface area contributed by atoms with Gasteiger partial charge in [-0.2, -0.15) is 0 Å². The first-order valence-electron chi connectivity index (χ1n) is 7.40. The van der Waals surface area contributed by atoms with Crippen LogP contribution in [0.15, 0.2) is 24.5 Å². The van der Waals surface area contributed by atoms with Crippen LogP contribution in [0.25, 0.3) is 0 Å². The van der Waals surface area contributed by atoms with Crippen LogP contribution in [0.4, 0.5) is 5.69 Å². The van der Waals surface area contributed by atoms with Crippen LogP contribution in [0, 0.1) is 0 Å². The Morgan fingerprint density at radius 3 is 3.29 bits per heavy atom. The number of aliphatic hydroxyl groups is 1. The number of aromatic nitrogens is 1. The number of aliphatic hydroxyl groups excluding tert-OH is 1. The lowest BCUT2D eigenvalue weighted by Gasteiger charge is -2.39. The van der Waals surface area contributed by atoms with E-state index in [2.05, 4.69) is 10.3 Å². The molecular weight excluding hydrogens is 270 g/mol. The van der Waals surface area contributed by atoms with Crippen molar-refractivity contribution in [2.24, 2.45) is 0 Å². The molecule has 2 aliphatic rings. The van der Waals surface area contributed by atoms with E-state index in [-0.39, 0.29) is 17.6 Å². The van der Waals surface area contributed by atoms with Crippen molar-refractivity contribution in [3.8, 4) is 0 Å². The van der Waals surface area contributed by atoms with E-state index in [0.717, 1.165) is 24.9 Å². The molecule has 6 heteroatoms. The van der Waals surface area contributed by atoms with Gasteiger partial charge in [-0.05, 0) is 25.0 Å². The van der Waals surface area contributed by atoms with Crippen LogP contribution >= 0.6 is 0 Å². The smallest absolute Gasteiger partial charge is 0.248 e. The number of carbonyl (C=O) groups excluding carboxylic acids is 1. The minimum absolute atomic E-state index is 0.207. The van der Waals surface area contributed by atoms with E-state index in [1.165, 1.54) is 0 Å². The van der Waals surface area contributed by atoms with Crippen LogP contribution in [0.3, 0.4) is 0 Å². The van der Waals surface area contributed by atoms with Gasteiger partial charge in [0, 0.05) is 31.9 Å². The third-order valence-electron chi connectivity index (χ3n) is 4.27. The number of rotatable bonds is 3. The quantitative estimate of drug-likeness (QED) is 0.854. The van der Waals surface area contributed by atoms with Crippen molar-refractivity contribution < 1.29 is 14.6 Å². The highest BCUT2D eigenvalue weighted by molar-refractivity contribution is 5.77. The molecule has 2 atom stereocenters. The first-order chi connectivity index (χ1) is 10.2. The Morgan fingerprint density at radius 2 is 2.52 bits per heavy atom. The summed E-state index contributed by atoms with van der Waals surface area (Å²) in [6.07, 6.45) is 6.31. The van der Waals surface area contributed by atoms with E-state index >= 15 is 0 Å². The standard InChI is InChI=1S/C15H21N3O3/c19-9-14(20)18-6-2-4-15(11-18)7-13(10-21-15)17-12-3-1-5-16-8-12/h1,3,5,8,13,17,19H,2,4,6-7,9-11H2/t13-,15-/m1/s1. The number of amides is 1. The first kappa shape index (κ1) is 14.3. The average Bonchev–Trinajstić information content (AvgIpc) is 2.89. The van der Waals surface area contributed by atoms with Gasteiger partial charge in [-0.3, -0.25) is 9.78 Å². The maximum atomic E-state index is 11.7. The molecule has 2 aliphatic heterocycles. The van der Waals surface area contributed by atoms with Gasteiger partial charge in [0.05, 0.1) is 23.9 Å². The van der Waals surface area contributed by atoms with Crippen LogP contribution in [0.5, 0.6) is 0 Å². The minimum Gasteiger partial charge on any atom is -0.387 e. The highest BCUT2D eigenvalue weighted by Crippen LogP contribution is 2.35. The molecule has 6 nitrogen and oxygen atoms in total. The van der Waals surface area contributed by atoms with Gasteiger partial charge in [0.15, 0.2) is 0 Å². The molecule has 1 spiro atoms. The number of pyridine rings is 1. The van der Waals surface area contributed by atoms with E-state index in [9.17, 15) is 4.79 Å². The van der Waals surface area contributed by atoms with Crippen molar-refractivity contribution in [2.75, 3.05) is 31.6 Å². The minimum atomic E-state index is -0.423. The molecule has 1 aromatic heterocycles. The van der Waals surface area contributed by atoms with E-state index in [1.807, 2.05) is 12.1 Å². The molecule has 21 heavy (non-hydrogen) atoms. The number of nitrogens with zero attached hydrogens (tertiary/aromatic N) is 2. The van der Waals surface area contributed by atoms with Crippen LogP contribution in [-0.4, -0.2) is 58.8 Å².